The highest BCUT2D eigenvalue weighted by Gasteiger charge is 2.47. The Bertz CT molecular complexity index is 1610. The first-order valence-electron chi connectivity index (χ1n) is 13.4. The van der Waals surface area contributed by atoms with E-state index in [9.17, 15) is 14.7 Å². The lowest BCUT2D eigenvalue weighted by Gasteiger charge is -2.26. The van der Waals surface area contributed by atoms with Crippen molar-refractivity contribution in [2.24, 2.45) is 0 Å². The number of aryl methyl sites for hydroxylation is 2. The maximum atomic E-state index is 13.6. The standard InChI is InChI=1S/C31H32N4O5/c1-5-15-40-23-12-11-22(16-24(23)39-6-2)27-25(29(37)31(38)35(27)18-21-10-7-13-32-17-21)28(36)26-20(4)34-14-8-9-19(3)30(34)33-26/h7-14,16-17,27,36H,5-6,15,18H2,1-4H3. The molecule has 1 N–H and O–H groups in total. The van der Waals surface area contributed by atoms with E-state index in [2.05, 4.69) is 9.97 Å². The monoisotopic (exact) mass is 540 g/mol. The summed E-state index contributed by atoms with van der Waals surface area (Å²) in [5.74, 6) is -0.730. The summed E-state index contributed by atoms with van der Waals surface area (Å²) in [6, 6.07) is 11.9. The van der Waals surface area contributed by atoms with Gasteiger partial charge < -0.3 is 23.9 Å². The van der Waals surface area contributed by atoms with Gasteiger partial charge in [0.05, 0.1) is 30.5 Å². The molecular formula is C31H32N4O5. The third kappa shape index (κ3) is 4.79. The summed E-state index contributed by atoms with van der Waals surface area (Å²) < 4.78 is 13.6. The number of pyridine rings is 2. The number of Topliss-reactive ketones (excluding diaryl/α,β-unsaturated/α-hetero) is 1. The van der Waals surface area contributed by atoms with Crippen LogP contribution in [0.25, 0.3) is 11.4 Å². The first-order valence-corrected chi connectivity index (χ1v) is 13.4. The van der Waals surface area contributed by atoms with Gasteiger partial charge in [-0.2, -0.15) is 0 Å². The Morgan fingerprint density at radius 3 is 2.58 bits per heavy atom. The normalized spacial score (nSPS) is 16.6. The van der Waals surface area contributed by atoms with Crippen molar-refractivity contribution in [2.75, 3.05) is 13.2 Å². The molecule has 1 aliphatic rings. The number of benzene rings is 1. The molecule has 206 valence electrons. The van der Waals surface area contributed by atoms with Gasteiger partial charge in [-0.25, -0.2) is 4.98 Å². The molecule has 4 heterocycles. The van der Waals surface area contributed by atoms with E-state index in [1.807, 2.05) is 56.5 Å². The molecule has 0 saturated carbocycles. The molecule has 0 aliphatic carbocycles. The van der Waals surface area contributed by atoms with E-state index in [0.29, 0.717) is 41.6 Å². The van der Waals surface area contributed by atoms with Gasteiger partial charge in [0.15, 0.2) is 17.3 Å². The zero-order chi connectivity index (χ0) is 28.4. The number of nitrogens with zero attached hydrogens (tertiary/aromatic N) is 4. The van der Waals surface area contributed by atoms with Crippen LogP contribution in [0.2, 0.25) is 0 Å². The van der Waals surface area contributed by atoms with E-state index < -0.39 is 17.7 Å². The zero-order valence-electron chi connectivity index (χ0n) is 23.0. The Kier molecular flexibility index (Phi) is 7.55. The first-order chi connectivity index (χ1) is 19.3. The lowest BCUT2D eigenvalue weighted by Crippen LogP contribution is -2.29. The van der Waals surface area contributed by atoms with E-state index in [-0.39, 0.29) is 23.6 Å². The van der Waals surface area contributed by atoms with Crippen molar-refractivity contribution in [2.45, 2.75) is 46.7 Å². The number of ether oxygens (including phenoxy) is 2. The second kappa shape index (κ2) is 11.2. The van der Waals surface area contributed by atoms with Gasteiger partial charge in [0.25, 0.3) is 11.7 Å². The molecule has 1 unspecified atom stereocenters. The minimum absolute atomic E-state index is 0.0253. The van der Waals surface area contributed by atoms with Crippen molar-refractivity contribution in [1.82, 2.24) is 19.3 Å². The predicted octanol–water partition coefficient (Wildman–Crippen LogP) is 5.16. The summed E-state index contributed by atoms with van der Waals surface area (Å²) in [6.45, 7) is 8.69. The minimum Gasteiger partial charge on any atom is -0.505 e. The number of aliphatic hydroxyl groups excluding tert-OH is 1. The molecular weight excluding hydrogens is 508 g/mol. The Labute approximate surface area is 232 Å². The van der Waals surface area contributed by atoms with Crippen molar-refractivity contribution >= 4 is 23.1 Å². The van der Waals surface area contributed by atoms with Gasteiger partial charge >= 0.3 is 0 Å². The molecule has 1 atom stereocenters. The lowest BCUT2D eigenvalue weighted by molar-refractivity contribution is -0.140. The number of amides is 1. The molecule has 1 fully saturated rings. The van der Waals surface area contributed by atoms with Crippen LogP contribution < -0.4 is 9.47 Å². The molecule has 1 saturated heterocycles. The zero-order valence-corrected chi connectivity index (χ0v) is 23.0. The molecule has 0 bridgehead atoms. The highest BCUT2D eigenvalue weighted by molar-refractivity contribution is 6.46. The molecule has 40 heavy (non-hydrogen) atoms. The van der Waals surface area contributed by atoms with Crippen LogP contribution >= 0.6 is 0 Å². The Morgan fingerprint density at radius 1 is 1.05 bits per heavy atom. The topological polar surface area (TPSA) is 106 Å². The number of ketones is 1. The van der Waals surface area contributed by atoms with E-state index in [1.165, 1.54) is 4.90 Å². The third-order valence-electron chi connectivity index (χ3n) is 6.97. The molecule has 1 aliphatic heterocycles. The summed E-state index contributed by atoms with van der Waals surface area (Å²) in [6.07, 6.45) is 5.98. The first kappa shape index (κ1) is 26.9. The number of imidazole rings is 1. The van der Waals surface area contributed by atoms with E-state index in [4.69, 9.17) is 9.47 Å². The lowest BCUT2D eigenvalue weighted by atomic mass is 9.95. The number of hydrogen-bond acceptors (Lipinski definition) is 7. The molecule has 9 heteroatoms. The second-order valence-electron chi connectivity index (χ2n) is 9.71. The summed E-state index contributed by atoms with van der Waals surface area (Å²) in [5.41, 5.74) is 3.83. The summed E-state index contributed by atoms with van der Waals surface area (Å²) >= 11 is 0. The predicted molar refractivity (Wildman–Crippen MR) is 150 cm³/mol. The van der Waals surface area contributed by atoms with Crippen LogP contribution in [0.4, 0.5) is 0 Å². The maximum absolute atomic E-state index is 13.6. The SMILES string of the molecule is CCCOc1ccc(C2C(=C(O)c3nc4c(C)cccn4c3C)C(=O)C(=O)N2Cc2cccnc2)cc1OCC. The van der Waals surface area contributed by atoms with Crippen molar-refractivity contribution in [3.8, 4) is 11.5 Å². The Hall–Kier alpha value is -4.66. The fourth-order valence-corrected chi connectivity index (χ4v) is 5.05. The number of carbonyl (C=O) groups is 2. The number of hydrogen-bond donors (Lipinski definition) is 1. The van der Waals surface area contributed by atoms with Crippen LogP contribution in [0.3, 0.4) is 0 Å². The van der Waals surface area contributed by atoms with Crippen LogP contribution in [-0.2, 0) is 16.1 Å². The van der Waals surface area contributed by atoms with E-state index >= 15 is 0 Å². The molecule has 3 aromatic heterocycles. The van der Waals surface area contributed by atoms with Gasteiger partial charge in [-0.15, -0.1) is 0 Å². The van der Waals surface area contributed by atoms with Gasteiger partial charge in [-0.1, -0.05) is 25.1 Å². The fraction of sp³-hybridized carbons (Fsp3) is 0.290. The van der Waals surface area contributed by atoms with Gasteiger partial charge in [0.1, 0.15) is 11.3 Å². The highest BCUT2D eigenvalue weighted by Crippen LogP contribution is 2.43. The fourth-order valence-electron chi connectivity index (χ4n) is 5.05. The molecule has 0 radical (unpaired) electrons. The number of carbonyl (C=O) groups excluding carboxylic acids is 2. The number of aliphatic hydroxyl groups is 1. The smallest absolute Gasteiger partial charge is 0.295 e. The van der Waals surface area contributed by atoms with Gasteiger partial charge in [-0.3, -0.25) is 14.6 Å². The Morgan fingerprint density at radius 2 is 1.88 bits per heavy atom. The second-order valence-corrected chi connectivity index (χ2v) is 9.71. The van der Waals surface area contributed by atoms with Crippen LogP contribution in [0.5, 0.6) is 11.5 Å². The van der Waals surface area contributed by atoms with Crippen LogP contribution in [0, 0.1) is 13.8 Å². The summed E-state index contributed by atoms with van der Waals surface area (Å²) in [7, 11) is 0. The summed E-state index contributed by atoms with van der Waals surface area (Å²) in [4.78, 5) is 37.4. The average molecular weight is 541 g/mol. The largest absolute Gasteiger partial charge is 0.505 e. The highest BCUT2D eigenvalue weighted by atomic mass is 16.5. The van der Waals surface area contributed by atoms with Crippen molar-refractivity contribution in [1.29, 1.82) is 0 Å². The van der Waals surface area contributed by atoms with E-state index in [1.54, 1.807) is 36.7 Å². The van der Waals surface area contributed by atoms with Crippen LogP contribution in [0.15, 0.2) is 66.6 Å². The van der Waals surface area contributed by atoms with Crippen molar-refractivity contribution in [3.63, 3.8) is 0 Å². The molecule has 0 spiro atoms. The number of fused-ring (bicyclic) bond motifs is 1. The van der Waals surface area contributed by atoms with Crippen molar-refractivity contribution in [3.05, 3.63) is 94.7 Å². The molecule has 1 amide bonds. The number of aromatic nitrogens is 3. The molecule has 9 nitrogen and oxygen atoms in total. The molecule has 5 rings (SSSR count). The molecule has 4 aromatic rings. The van der Waals surface area contributed by atoms with E-state index in [0.717, 1.165) is 17.5 Å². The Balaban J connectivity index is 1.70. The van der Waals surface area contributed by atoms with Gasteiger partial charge in [-0.05, 0) is 68.1 Å². The average Bonchev–Trinajstić information content (AvgIpc) is 3.43. The van der Waals surface area contributed by atoms with Gasteiger partial charge in [0, 0.05) is 25.1 Å². The summed E-state index contributed by atoms with van der Waals surface area (Å²) in [5, 5.41) is 11.7. The van der Waals surface area contributed by atoms with Crippen molar-refractivity contribution < 1.29 is 24.2 Å². The number of rotatable bonds is 9. The van der Waals surface area contributed by atoms with Crippen LogP contribution in [0.1, 0.15) is 54.4 Å². The minimum atomic E-state index is -0.884. The third-order valence-corrected chi connectivity index (χ3v) is 6.97. The molecule has 1 aromatic carbocycles. The van der Waals surface area contributed by atoms with Gasteiger partial charge in [0.2, 0.25) is 0 Å². The number of likely N-dealkylation sites (tertiary alicyclic amines) is 1. The maximum Gasteiger partial charge on any atom is 0.295 e. The quantitative estimate of drug-likeness (QED) is 0.178. The van der Waals surface area contributed by atoms with Crippen LogP contribution in [-0.4, -0.2) is 49.3 Å².